The highest BCUT2D eigenvalue weighted by Gasteiger charge is 2.17. The number of halogens is 1. The first-order valence-electron chi connectivity index (χ1n) is 8.18. The average molecular weight is 454 g/mol. The van der Waals surface area contributed by atoms with Gasteiger partial charge in [-0.2, -0.15) is 0 Å². The summed E-state index contributed by atoms with van der Waals surface area (Å²) in [5, 5.41) is 2.61. The van der Waals surface area contributed by atoms with E-state index in [2.05, 4.69) is 21.2 Å². The zero-order valence-electron chi connectivity index (χ0n) is 15.0. The van der Waals surface area contributed by atoms with Crippen LogP contribution in [0.5, 0.6) is 0 Å². The van der Waals surface area contributed by atoms with Crippen LogP contribution in [-0.2, 0) is 24.2 Å². The average Bonchev–Trinajstić information content (AvgIpc) is 2.62. The van der Waals surface area contributed by atoms with Crippen LogP contribution < -0.4 is 5.32 Å². The van der Waals surface area contributed by atoms with Crippen molar-refractivity contribution in [1.29, 1.82) is 0 Å². The minimum absolute atomic E-state index is 0.157. The summed E-state index contributed by atoms with van der Waals surface area (Å²) < 4.78 is 30.2. The zero-order chi connectivity index (χ0) is 20.0. The molecule has 0 aliphatic carbocycles. The number of carbonyl (C=O) groups is 2. The van der Waals surface area contributed by atoms with Crippen LogP contribution in [0.2, 0.25) is 0 Å². The summed E-state index contributed by atoms with van der Waals surface area (Å²) >= 11 is 3.37. The van der Waals surface area contributed by atoms with Gasteiger partial charge in [-0.05, 0) is 49.7 Å². The third-order valence-electron chi connectivity index (χ3n) is 3.76. The summed E-state index contributed by atoms with van der Waals surface area (Å²) in [7, 11) is -3.57. The van der Waals surface area contributed by atoms with Crippen molar-refractivity contribution in [2.75, 3.05) is 17.7 Å². The first-order chi connectivity index (χ1) is 12.7. The molecular weight excluding hydrogens is 434 g/mol. The maximum atomic E-state index is 12.2. The Morgan fingerprint density at radius 1 is 1.07 bits per heavy atom. The van der Waals surface area contributed by atoms with Gasteiger partial charge in [-0.3, -0.25) is 9.59 Å². The van der Waals surface area contributed by atoms with Gasteiger partial charge in [0.25, 0.3) is 5.91 Å². The molecule has 27 heavy (non-hydrogen) atoms. The molecule has 8 heteroatoms. The molecule has 2 aromatic carbocycles. The van der Waals surface area contributed by atoms with E-state index in [0.717, 1.165) is 15.6 Å². The van der Waals surface area contributed by atoms with Crippen molar-refractivity contribution in [2.24, 2.45) is 0 Å². The van der Waals surface area contributed by atoms with Crippen molar-refractivity contribution in [2.45, 2.75) is 25.2 Å². The van der Waals surface area contributed by atoms with Gasteiger partial charge in [0.1, 0.15) is 0 Å². The molecule has 0 aromatic heterocycles. The summed E-state index contributed by atoms with van der Waals surface area (Å²) in [6.07, 6.45) is -0.319. The highest BCUT2D eigenvalue weighted by molar-refractivity contribution is 9.10. The number of rotatable bonds is 7. The molecule has 1 amide bonds. The Morgan fingerprint density at radius 2 is 1.74 bits per heavy atom. The van der Waals surface area contributed by atoms with Gasteiger partial charge >= 0.3 is 5.97 Å². The quantitative estimate of drug-likeness (QED) is 0.648. The van der Waals surface area contributed by atoms with Gasteiger partial charge in [0.05, 0.1) is 17.1 Å². The summed E-state index contributed by atoms with van der Waals surface area (Å²) in [5.41, 5.74) is 2.48. The number of hydrogen-bond donors (Lipinski definition) is 1. The lowest BCUT2D eigenvalue weighted by Gasteiger charge is -2.08. The first kappa shape index (κ1) is 21.1. The second kappa shape index (κ2) is 9.14. The third-order valence-corrected chi connectivity index (χ3v) is 6.38. The molecule has 144 valence electrons. The Morgan fingerprint density at radius 3 is 2.37 bits per heavy atom. The number of nitrogens with one attached hydrogen (secondary N) is 1. The summed E-state index contributed by atoms with van der Waals surface area (Å²) in [4.78, 5) is 23.8. The lowest BCUT2D eigenvalue weighted by molar-refractivity contribution is -0.146. The molecule has 0 spiro atoms. The standard InChI is InChI=1S/C19H20BrNO5S/c1-13-3-6-16(7-4-13)27(24,25)10-9-19(23)26-12-18(22)21-15-5-8-17(20)14(2)11-15/h3-8,11H,9-10,12H2,1-2H3,(H,21,22). The summed E-state index contributed by atoms with van der Waals surface area (Å²) in [6.45, 7) is 3.27. The van der Waals surface area contributed by atoms with Crippen LogP contribution >= 0.6 is 15.9 Å². The van der Waals surface area contributed by atoms with Crippen molar-refractivity contribution in [3.05, 3.63) is 58.1 Å². The van der Waals surface area contributed by atoms with Gasteiger partial charge in [-0.15, -0.1) is 0 Å². The molecule has 2 aromatic rings. The Bertz CT molecular complexity index is 939. The smallest absolute Gasteiger partial charge is 0.307 e. The molecule has 0 aliphatic heterocycles. The predicted octanol–water partition coefficient (Wildman–Crippen LogP) is 3.41. The van der Waals surface area contributed by atoms with Gasteiger partial charge in [0, 0.05) is 10.2 Å². The van der Waals surface area contributed by atoms with Gasteiger partial charge in [0.2, 0.25) is 0 Å². The number of ether oxygens (including phenoxy) is 1. The second-order valence-electron chi connectivity index (χ2n) is 6.05. The Labute approximate surface area is 167 Å². The molecule has 0 radical (unpaired) electrons. The molecule has 0 saturated heterocycles. The van der Waals surface area contributed by atoms with Crippen LogP contribution in [0, 0.1) is 13.8 Å². The molecule has 0 bridgehead atoms. The van der Waals surface area contributed by atoms with Gasteiger partial charge < -0.3 is 10.1 Å². The summed E-state index contributed by atoms with van der Waals surface area (Å²) in [5.74, 6) is -1.61. The minimum atomic E-state index is -3.57. The Balaban J connectivity index is 1.80. The fourth-order valence-corrected chi connectivity index (χ4v) is 3.69. The number of hydrogen-bond acceptors (Lipinski definition) is 5. The van der Waals surface area contributed by atoms with Crippen LogP contribution in [0.3, 0.4) is 0 Å². The number of aryl methyl sites for hydroxylation is 2. The molecule has 2 rings (SSSR count). The molecule has 6 nitrogen and oxygen atoms in total. The fourth-order valence-electron chi connectivity index (χ4n) is 2.22. The monoisotopic (exact) mass is 453 g/mol. The van der Waals surface area contributed by atoms with Gasteiger partial charge in [0.15, 0.2) is 16.4 Å². The highest BCUT2D eigenvalue weighted by Crippen LogP contribution is 2.20. The van der Waals surface area contributed by atoms with Crippen molar-refractivity contribution >= 4 is 43.3 Å². The number of esters is 1. The van der Waals surface area contributed by atoms with E-state index in [1.807, 2.05) is 13.8 Å². The van der Waals surface area contributed by atoms with Crippen molar-refractivity contribution in [1.82, 2.24) is 0 Å². The highest BCUT2D eigenvalue weighted by atomic mass is 79.9. The van der Waals surface area contributed by atoms with Gasteiger partial charge in [-0.25, -0.2) is 8.42 Å². The van der Waals surface area contributed by atoms with Crippen LogP contribution in [0.1, 0.15) is 17.5 Å². The molecule has 0 fully saturated rings. The maximum absolute atomic E-state index is 12.2. The number of amides is 1. The van der Waals surface area contributed by atoms with E-state index in [1.165, 1.54) is 12.1 Å². The Hall–Kier alpha value is -2.19. The molecule has 0 heterocycles. The SMILES string of the molecule is Cc1ccc(S(=O)(=O)CCC(=O)OCC(=O)Nc2ccc(Br)c(C)c2)cc1. The molecule has 1 N–H and O–H groups in total. The fraction of sp³-hybridized carbons (Fsp3) is 0.263. The number of sulfone groups is 1. The lowest BCUT2D eigenvalue weighted by Crippen LogP contribution is -2.22. The van der Waals surface area contributed by atoms with Crippen LogP contribution in [-0.4, -0.2) is 32.7 Å². The van der Waals surface area contributed by atoms with Crippen molar-refractivity contribution < 1.29 is 22.7 Å². The van der Waals surface area contributed by atoms with Crippen LogP contribution in [0.4, 0.5) is 5.69 Å². The van der Waals surface area contributed by atoms with Gasteiger partial charge in [-0.1, -0.05) is 33.6 Å². The maximum Gasteiger partial charge on any atom is 0.307 e. The van der Waals surface area contributed by atoms with Crippen molar-refractivity contribution in [3.8, 4) is 0 Å². The molecule has 0 atom stereocenters. The van der Waals surface area contributed by atoms with E-state index < -0.39 is 28.3 Å². The number of carbonyl (C=O) groups excluding carboxylic acids is 2. The summed E-state index contributed by atoms with van der Waals surface area (Å²) in [6, 6.07) is 11.7. The van der Waals surface area contributed by atoms with E-state index in [4.69, 9.17) is 4.74 Å². The zero-order valence-corrected chi connectivity index (χ0v) is 17.4. The molecule has 0 aliphatic rings. The topological polar surface area (TPSA) is 89.5 Å². The first-order valence-corrected chi connectivity index (χ1v) is 10.6. The largest absolute Gasteiger partial charge is 0.456 e. The molecule has 0 unspecified atom stereocenters. The van der Waals surface area contributed by atoms with E-state index in [0.29, 0.717) is 5.69 Å². The van der Waals surface area contributed by atoms with E-state index in [9.17, 15) is 18.0 Å². The minimum Gasteiger partial charge on any atom is -0.456 e. The van der Waals surface area contributed by atoms with Crippen LogP contribution in [0.25, 0.3) is 0 Å². The van der Waals surface area contributed by atoms with E-state index >= 15 is 0 Å². The van der Waals surface area contributed by atoms with E-state index in [1.54, 1.807) is 30.3 Å². The van der Waals surface area contributed by atoms with Crippen LogP contribution in [0.15, 0.2) is 51.8 Å². The van der Waals surface area contributed by atoms with E-state index in [-0.39, 0.29) is 17.1 Å². The molecular formula is C19H20BrNO5S. The third kappa shape index (κ3) is 6.48. The lowest BCUT2D eigenvalue weighted by atomic mass is 10.2. The second-order valence-corrected chi connectivity index (χ2v) is 9.02. The number of anilines is 1. The van der Waals surface area contributed by atoms with Crippen molar-refractivity contribution in [3.63, 3.8) is 0 Å². The normalized spacial score (nSPS) is 11.1. The Kier molecular flexibility index (Phi) is 7.15. The molecule has 0 saturated carbocycles. The predicted molar refractivity (Wildman–Crippen MR) is 106 cm³/mol. The number of benzene rings is 2.